The molecule has 3 rings (SSSR count). The lowest BCUT2D eigenvalue weighted by molar-refractivity contribution is -0.142. The van der Waals surface area contributed by atoms with Gasteiger partial charge in [-0.05, 0) is 24.5 Å². The van der Waals surface area contributed by atoms with Crippen LogP contribution in [0, 0.1) is 5.92 Å². The Kier molecular flexibility index (Phi) is 4.33. The predicted octanol–water partition coefficient (Wildman–Crippen LogP) is 1.04. The number of nitrogens with zero attached hydrogens (tertiary/aromatic N) is 1. The number of imide groups is 1. The van der Waals surface area contributed by atoms with E-state index in [1.807, 2.05) is 0 Å². The van der Waals surface area contributed by atoms with E-state index in [0.29, 0.717) is 23.5 Å². The number of rotatable bonds is 7. The molecule has 1 saturated carbocycles. The Labute approximate surface area is 138 Å². The molecule has 1 fully saturated rings. The molecular formula is C17H18N2O5. The Morgan fingerprint density at radius 2 is 1.75 bits per heavy atom. The van der Waals surface area contributed by atoms with E-state index in [1.54, 1.807) is 24.3 Å². The summed E-state index contributed by atoms with van der Waals surface area (Å²) < 4.78 is 0. The molecule has 0 spiro atoms. The molecule has 7 heteroatoms. The van der Waals surface area contributed by atoms with Gasteiger partial charge in [0.05, 0.1) is 11.1 Å². The van der Waals surface area contributed by atoms with Crippen LogP contribution in [0.1, 0.15) is 46.4 Å². The lowest BCUT2D eigenvalue weighted by Crippen LogP contribution is -2.42. The van der Waals surface area contributed by atoms with Gasteiger partial charge >= 0.3 is 5.97 Å². The number of fused-ring (bicyclic) bond motifs is 1. The average molecular weight is 330 g/mol. The molecule has 7 nitrogen and oxygen atoms in total. The maximum atomic E-state index is 12.2. The lowest BCUT2D eigenvalue weighted by Gasteiger charge is -2.16. The number of carbonyl (C=O) groups is 4. The summed E-state index contributed by atoms with van der Waals surface area (Å²) in [4.78, 5) is 48.6. The summed E-state index contributed by atoms with van der Waals surface area (Å²) in [7, 11) is 0. The van der Waals surface area contributed by atoms with Crippen molar-refractivity contribution < 1.29 is 24.3 Å². The van der Waals surface area contributed by atoms with Crippen molar-refractivity contribution in [2.24, 2.45) is 5.92 Å². The third kappa shape index (κ3) is 3.29. The highest BCUT2D eigenvalue weighted by atomic mass is 16.4. The Balaban J connectivity index is 1.56. The summed E-state index contributed by atoms with van der Waals surface area (Å²) in [5, 5.41) is 11.6. The van der Waals surface area contributed by atoms with Crippen LogP contribution in [0.4, 0.5) is 0 Å². The van der Waals surface area contributed by atoms with Crippen LogP contribution < -0.4 is 5.32 Å². The summed E-state index contributed by atoms with van der Waals surface area (Å²) in [6, 6.07) is 5.59. The minimum atomic E-state index is -1.06. The number of carboxylic acid groups (broad SMARTS) is 1. The van der Waals surface area contributed by atoms with Gasteiger partial charge in [0.25, 0.3) is 11.8 Å². The second kappa shape index (κ2) is 6.43. The highest BCUT2D eigenvalue weighted by Crippen LogP contribution is 2.33. The summed E-state index contributed by atoms with van der Waals surface area (Å²) in [5.74, 6) is -2.01. The maximum absolute atomic E-state index is 12.2. The molecule has 3 amide bonds. The first kappa shape index (κ1) is 16.2. The first-order valence-electron chi connectivity index (χ1n) is 7.94. The van der Waals surface area contributed by atoms with Crippen LogP contribution in [0.3, 0.4) is 0 Å². The van der Waals surface area contributed by atoms with Crippen LogP contribution in [0.2, 0.25) is 0 Å². The van der Waals surface area contributed by atoms with Crippen LogP contribution in [0.5, 0.6) is 0 Å². The van der Waals surface area contributed by atoms with E-state index in [0.717, 1.165) is 17.7 Å². The fourth-order valence-electron chi connectivity index (χ4n) is 2.83. The van der Waals surface area contributed by atoms with Gasteiger partial charge in [-0.2, -0.15) is 0 Å². The molecule has 1 aliphatic carbocycles. The van der Waals surface area contributed by atoms with Crippen LogP contribution in [-0.4, -0.2) is 46.3 Å². The van der Waals surface area contributed by atoms with E-state index < -0.39 is 29.7 Å². The lowest BCUT2D eigenvalue weighted by atomic mass is 10.1. The van der Waals surface area contributed by atoms with Crippen molar-refractivity contribution in [3.05, 3.63) is 35.4 Å². The zero-order valence-corrected chi connectivity index (χ0v) is 13.0. The summed E-state index contributed by atoms with van der Waals surface area (Å²) in [5.41, 5.74) is 0.667. The molecular weight excluding hydrogens is 312 g/mol. The van der Waals surface area contributed by atoms with Crippen molar-refractivity contribution in [2.45, 2.75) is 31.7 Å². The number of amides is 3. The maximum Gasteiger partial charge on any atom is 0.326 e. The molecule has 0 radical (unpaired) electrons. The molecule has 0 bridgehead atoms. The monoisotopic (exact) mass is 330 g/mol. The fourth-order valence-corrected chi connectivity index (χ4v) is 2.83. The number of carboxylic acids is 1. The first-order chi connectivity index (χ1) is 11.5. The largest absolute Gasteiger partial charge is 0.480 e. The fraction of sp³-hybridized carbons (Fsp3) is 0.412. The Morgan fingerprint density at radius 3 is 2.25 bits per heavy atom. The SMILES string of the molecule is O=C(CCN1C(=O)c2ccccc2C1=O)NC(CC1CC1)C(=O)O. The van der Waals surface area contributed by atoms with E-state index in [4.69, 9.17) is 5.11 Å². The molecule has 1 aliphatic heterocycles. The van der Waals surface area contributed by atoms with Gasteiger partial charge in [0.15, 0.2) is 0 Å². The van der Waals surface area contributed by atoms with Gasteiger partial charge in [-0.3, -0.25) is 19.3 Å². The third-order valence-corrected chi connectivity index (χ3v) is 4.34. The summed E-state index contributed by atoms with van der Waals surface area (Å²) in [6.45, 7) is -0.0616. The molecule has 1 unspecified atom stereocenters. The van der Waals surface area contributed by atoms with E-state index in [-0.39, 0.29) is 13.0 Å². The minimum absolute atomic E-state index is 0.0616. The van der Waals surface area contributed by atoms with E-state index in [9.17, 15) is 19.2 Å². The normalized spacial score (nSPS) is 17.6. The smallest absolute Gasteiger partial charge is 0.326 e. The van der Waals surface area contributed by atoms with Crippen molar-refractivity contribution in [3.8, 4) is 0 Å². The van der Waals surface area contributed by atoms with Gasteiger partial charge in [0, 0.05) is 13.0 Å². The second-order valence-electron chi connectivity index (χ2n) is 6.19. The third-order valence-electron chi connectivity index (χ3n) is 4.34. The Morgan fingerprint density at radius 1 is 1.17 bits per heavy atom. The van der Waals surface area contributed by atoms with Crippen LogP contribution in [0.15, 0.2) is 24.3 Å². The van der Waals surface area contributed by atoms with E-state index in [1.165, 1.54) is 0 Å². The number of aliphatic carboxylic acids is 1. The first-order valence-corrected chi connectivity index (χ1v) is 7.94. The van der Waals surface area contributed by atoms with Crippen molar-refractivity contribution in [1.29, 1.82) is 0 Å². The number of hydrogen-bond donors (Lipinski definition) is 2. The highest BCUT2D eigenvalue weighted by molar-refractivity contribution is 6.21. The van der Waals surface area contributed by atoms with Gasteiger partial charge in [-0.1, -0.05) is 25.0 Å². The molecule has 2 aliphatic rings. The molecule has 1 atom stereocenters. The zero-order chi connectivity index (χ0) is 17.3. The van der Waals surface area contributed by atoms with Crippen LogP contribution in [-0.2, 0) is 9.59 Å². The molecule has 2 N–H and O–H groups in total. The van der Waals surface area contributed by atoms with Crippen LogP contribution >= 0.6 is 0 Å². The standard InChI is InChI=1S/C17H18N2O5/c20-14(18-13(17(23)24)9-10-5-6-10)7-8-19-15(21)11-3-1-2-4-12(11)16(19)22/h1-4,10,13H,5-9H2,(H,18,20)(H,23,24). The van der Waals surface area contributed by atoms with Crippen molar-refractivity contribution in [3.63, 3.8) is 0 Å². The minimum Gasteiger partial charge on any atom is -0.480 e. The molecule has 1 aromatic carbocycles. The average Bonchev–Trinajstić information content (AvgIpc) is 3.34. The van der Waals surface area contributed by atoms with Crippen molar-refractivity contribution in [2.75, 3.05) is 6.54 Å². The summed E-state index contributed by atoms with van der Waals surface area (Å²) in [6.07, 6.45) is 2.30. The molecule has 0 saturated heterocycles. The molecule has 24 heavy (non-hydrogen) atoms. The van der Waals surface area contributed by atoms with E-state index in [2.05, 4.69) is 5.32 Å². The van der Waals surface area contributed by atoms with Gasteiger partial charge in [-0.15, -0.1) is 0 Å². The molecule has 126 valence electrons. The predicted molar refractivity (Wildman–Crippen MR) is 83.3 cm³/mol. The summed E-state index contributed by atoms with van der Waals surface area (Å²) >= 11 is 0. The number of hydrogen-bond acceptors (Lipinski definition) is 4. The van der Waals surface area contributed by atoms with Crippen LogP contribution in [0.25, 0.3) is 0 Å². The molecule has 1 aromatic rings. The topological polar surface area (TPSA) is 104 Å². The van der Waals surface area contributed by atoms with Crippen molar-refractivity contribution in [1.82, 2.24) is 10.2 Å². The molecule has 0 aromatic heterocycles. The Bertz CT molecular complexity index is 676. The zero-order valence-electron chi connectivity index (χ0n) is 13.0. The molecule has 1 heterocycles. The highest BCUT2D eigenvalue weighted by Gasteiger charge is 2.35. The van der Waals surface area contributed by atoms with Gasteiger partial charge in [-0.25, -0.2) is 4.79 Å². The quantitative estimate of drug-likeness (QED) is 0.727. The Hall–Kier alpha value is -2.70. The number of benzene rings is 1. The van der Waals surface area contributed by atoms with Crippen molar-refractivity contribution >= 4 is 23.7 Å². The van der Waals surface area contributed by atoms with E-state index >= 15 is 0 Å². The van der Waals surface area contributed by atoms with Gasteiger partial charge < -0.3 is 10.4 Å². The second-order valence-corrected chi connectivity index (χ2v) is 6.19. The number of nitrogens with one attached hydrogen (secondary N) is 1. The van der Waals surface area contributed by atoms with Gasteiger partial charge in [0.2, 0.25) is 5.91 Å². The number of carbonyl (C=O) groups excluding carboxylic acids is 3. The van der Waals surface area contributed by atoms with Gasteiger partial charge in [0.1, 0.15) is 6.04 Å².